The molecule has 0 spiro atoms. The molecule has 51 heavy (non-hydrogen) atoms. The van der Waals surface area contributed by atoms with Crippen LogP contribution in [0.3, 0.4) is 0 Å². The molecule has 0 unspecified atom stereocenters. The molecule has 0 bridgehead atoms. The number of hydrogen-bond donors (Lipinski definition) is 0. The molecule has 0 radical (unpaired) electrons. The van der Waals surface area contributed by atoms with Crippen molar-refractivity contribution in [2.75, 3.05) is 0 Å². The number of nitrogens with zero attached hydrogens (tertiary/aromatic N) is 2. The van der Waals surface area contributed by atoms with Gasteiger partial charge in [0.2, 0.25) is 0 Å². The predicted molar refractivity (Wildman–Crippen MR) is 212 cm³/mol. The number of hydrogen-bond acceptors (Lipinski definition) is 3. The van der Waals surface area contributed by atoms with Gasteiger partial charge in [-0.05, 0) is 85.6 Å². The lowest BCUT2D eigenvalue weighted by atomic mass is 9.90. The van der Waals surface area contributed by atoms with Crippen LogP contribution < -0.4 is 0 Å². The van der Waals surface area contributed by atoms with Crippen LogP contribution in [0.25, 0.3) is 110 Å². The SMILES string of the molecule is c1ccc(-c2cc3oc4cccc5c6cc(-c7cccc(-c8nc(-c9ccccc9)c9ccc%10ccccc%10c9n8)c7)ccc6c(c2)c3c45)cc1. The fourth-order valence-corrected chi connectivity index (χ4v) is 8.01. The van der Waals surface area contributed by atoms with Gasteiger partial charge in [0.1, 0.15) is 11.2 Å². The van der Waals surface area contributed by atoms with Gasteiger partial charge in [-0.1, -0.05) is 133 Å². The van der Waals surface area contributed by atoms with E-state index in [0.29, 0.717) is 5.82 Å². The van der Waals surface area contributed by atoms with Crippen molar-refractivity contribution < 1.29 is 4.42 Å². The zero-order valence-electron chi connectivity index (χ0n) is 27.5. The van der Waals surface area contributed by atoms with Crippen molar-refractivity contribution in [2.45, 2.75) is 0 Å². The second-order valence-corrected chi connectivity index (χ2v) is 13.3. The minimum Gasteiger partial charge on any atom is -0.456 e. The standard InChI is InChI=1S/C48H28N2O/c1-3-11-29(12-4-1)35-27-41-37-23-22-33(26-40(37)38-19-10-20-42-44(38)45(41)43(28-35)51-42)32-16-9-17-34(25-32)48-49-46(31-14-5-2-6-15-31)39-24-21-30-13-7-8-18-36(30)47(39)50-48/h1-28H. The van der Waals surface area contributed by atoms with Crippen molar-refractivity contribution >= 4 is 65.2 Å². The monoisotopic (exact) mass is 648 g/mol. The van der Waals surface area contributed by atoms with Crippen LogP contribution in [-0.4, -0.2) is 9.97 Å². The Kier molecular flexibility index (Phi) is 5.96. The first-order valence-electron chi connectivity index (χ1n) is 17.3. The molecule has 11 aromatic rings. The molecule has 0 aliphatic heterocycles. The maximum absolute atomic E-state index is 6.51. The smallest absolute Gasteiger partial charge is 0.160 e. The first kappa shape index (κ1) is 28.0. The fourth-order valence-electron chi connectivity index (χ4n) is 8.01. The highest BCUT2D eigenvalue weighted by Crippen LogP contribution is 2.45. The van der Waals surface area contributed by atoms with Gasteiger partial charge in [-0.2, -0.15) is 0 Å². The quantitative estimate of drug-likeness (QED) is 0.178. The van der Waals surface area contributed by atoms with Crippen LogP contribution >= 0.6 is 0 Å². The molecule has 0 aliphatic rings. The lowest BCUT2D eigenvalue weighted by Crippen LogP contribution is -1.96. The molecule has 2 aromatic heterocycles. The van der Waals surface area contributed by atoms with Gasteiger partial charge in [-0.3, -0.25) is 0 Å². The molecule has 11 rings (SSSR count). The van der Waals surface area contributed by atoms with E-state index >= 15 is 0 Å². The van der Waals surface area contributed by atoms with Crippen molar-refractivity contribution in [1.82, 2.24) is 9.97 Å². The predicted octanol–water partition coefficient (Wildman–Crippen LogP) is 13.1. The van der Waals surface area contributed by atoms with Gasteiger partial charge in [0.25, 0.3) is 0 Å². The Morgan fingerprint density at radius 3 is 1.88 bits per heavy atom. The van der Waals surface area contributed by atoms with E-state index in [1.54, 1.807) is 0 Å². The van der Waals surface area contributed by atoms with E-state index in [-0.39, 0.29) is 0 Å². The summed E-state index contributed by atoms with van der Waals surface area (Å²) in [5.41, 5.74) is 10.4. The van der Waals surface area contributed by atoms with Gasteiger partial charge in [-0.25, -0.2) is 9.97 Å². The Morgan fingerprint density at radius 2 is 1.00 bits per heavy atom. The van der Waals surface area contributed by atoms with Crippen molar-refractivity contribution in [1.29, 1.82) is 0 Å². The summed E-state index contributed by atoms with van der Waals surface area (Å²) >= 11 is 0. The molecule has 0 aliphatic carbocycles. The molecular formula is C48H28N2O. The third-order valence-electron chi connectivity index (χ3n) is 10.4. The van der Waals surface area contributed by atoms with Gasteiger partial charge in [0.15, 0.2) is 5.82 Å². The minimum atomic E-state index is 0.713. The fraction of sp³-hybridized carbons (Fsp3) is 0. The summed E-state index contributed by atoms with van der Waals surface area (Å²) in [6.45, 7) is 0. The average molecular weight is 649 g/mol. The van der Waals surface area contributed by atoms with E-state index in [9.17, 15) is 0 Å². The highest BCUT2D eigenvalue weighted by atomic mass is 16.3. The summed E-state index contributed by atoms with van der Waals surface area (Å²) in [6, 6.07) is 60.2. The molecule has 0 N–H and O–H groups in total. The molecule has 236 valence electrons. The van der Waals surface area contributed by atoms with E-state index in [1.165, 1.54) is 43.3 Å². The van der Waals surface area contributed by atoms with Gasteiger partial charge in [0.05, 0.1) is 11.2 Å². The molecule has 0 saturated heterocycles. The second kappa shape index (κ2) is 10.8. The van der Waals surface area contributed by atoms with Crippen molar-refractivity contribution in [3.63, 3.8) is 0 Å². The van der Waals surface area contributed by atoms with Gasteiger partial charge >= 0.3 is 0 Å². The van der Waals surface area contributed by atoms with Crippen LogP contribution in [0.15, 0.2) is 174 Å². The summed E-state index contributed by atoms with van der Waals surface area (Å²) in [5, 5.41) is 10.6. The van der Waals surface area contributed by atoms with Gasteiger partial charge < -0.3 is 4.42 Å². The second-order valence-electron chi connectivity index (χ2n) is 13.3. The van der Waals surface area contributed by atoms with Gasteiger partial charge in [-0.15, -0.1) is 0 Å². The zero-order valence-corrected chi connectivity index (χ0v) is 27.5. The highest BCUT2D eigenvalue weighted by Gasteiger charge is 2.19. The van der Waals surface area contributed by atoms with Crippen molar-refractivity contribution in [3.8, 4) is 44.9 Å². The van der Waals surface area contributed by atoms with E-state index in [1.807, 2.05) is 6.07 Å². The first-order valence-corrected chi connectivity index (χ1v) is 17.3. The number of aromatic nitrogens is 2. The van der Waals surface area contributed by atoms with E-state index in [2.05, 4.69) is 164 Å². The molecule has 3 nitrogen and oxygen atoms in total. The molecule has 9 aromatic carbocycles. The van der Waals surface area contributed by atoms with Crippen molar-refractivity contribution in [3.05, 3.63) is 170 Å². The Balaban J connectivity index is 1.11. The largest absolute Gasteiger partial charge is 0.456 e. The summed E-state index contributed by atoms with van der Waals surface area (Å²) in [5.74, 6) is 0.713. The molecule has 2 heterocycles. The van der Waals surface area contributed by atoms with E-state index in [4.69, 9.17) is 14.4 Å². The van der Waals surface area contributed by atoms with Crippen LogP contribution in [0, 0.1) is 0 Å². The van der Waals surface area contributed by atoms with Crippen LogP contribution in [0.2, 0.25) is 0 Å². The Bertz CT molecular complexity index is 3130. The number of furan rings is 1. The normalized spacial score (nSPS) is 11.9. The Morgan fingerprint density at radius 1 is 0.333 bits per heavy atom. The molecule has 0 fully saturated rings. The summed E-state index contributed by atoms with van der Waals surface area (Å²) in [6.07, 6.45) is 0. The summed E-state index contributed by atoms with van der Waals surface area (Å²) in [7, 11) is 0. The van der Waals surface area contributed by atoms with Crippen molar-refractivity contribution in [2.24, 2.45) is 0 Å². The van der Waals surface area contributed by atoms with Crippen LogP contribution in [-0.2, 0) is 0 Å². The molecule has 0 atom stereocenters. The van der Waals surface area contributed by atoms with Crippen LogP contribution in [0.1, 0.15) is 0 Å². The molecule has 0 amide bonds. The third kappa shape index (κ3) is 4.32. The average Bonchev–Trinajstić information content (AvgIpc) is 3.59. The topological polar surface area (TPSA) is 38.9 Å². The Labute approximate surface area is 293 Å². The Hall–Kier alpha value is -6.84. The molecule has 3 heteroatoms. The number of fused-ring (bicyclic) bond motifs is 6. The number of benzene rings is 9. The summed E-state index contributed by atoms with van der Waals surface area (Å²) in [4.78, 5) is 10.5. The first-order chi connectivity index (χ1) is 25.3. The number of rotatable bonds is 4. The minimum absolute atomic E-state index is 0.713. The van der Waals surface area contributed by atoms with E-state index in [0.717, 1.165) is 61.0 Å². The van der Waals surface area contributed by atoms with E-state index < -0.39 is 0 Å². The maximum atomic E-state index is 6.51. The third-order valence-corrected chi connectivity index (χ3v) is 10.4. The van der Waals surface area contributed by atoms with Gasteiger partial charge in [0, 0.05) is 32.7 Å². The lowest BCUT2D eigenvalue weighted by Gasteiger charge is -2.13. The molecule has 0 saturated carbocycles. The molecular weight excluding hydrogens is 621 g/mol. The zero-order chi connectivity index (χ0) is 33.5. The summed E-state index contributed by atoms with van der Waals surface area (Å²) < 4.78 is 6.51. The lowest BCUT2D eigenvalue weighted by molar-refractivity contribution is 0.669. The van der Waals surface area contributed by atoms with Crippen LogP contribution in [0.5, 0.6) is 0 Å². The highest BCUT2D eigenvalue weighted by molar-refractivity contribution is 6.33. The van der Waals surface area contributed by atoms with Crippen LogP contribution in [0.4, 0.5) is 0 Å². The maximum Gasteiger partial charge on any atom is 0.160 e.